The molecule has 0 N–H and O–H groups in total. The zero-order valence-electron chi connectivity index (χ0n) is 15.4. The third-order valence-electron chi connectivity index (χ3n) is 4.72. The highest BCUT2D eigenvalue weighted by atomic mass is 19.4. The Morgan fingerprint density at radius 3 is 1.87 bits per heavy atom. The summed E-state index contributed by atoms with van der Waals surface area (Å²) in [6.45, 7) is 1.84. The fourth-order valence-electron chi connectivity index (χ4n) is 3.27. The van der Waals surface area contributed by atoms with Crippen molar-refractivity contribution in [2.75, 3.05) is 0 Å². The number of fused-ring (bicyclic) bond motifs is 1. The summed E-state index contributed by atoms with van der Waals surface area (Å²) in [7, 11) is 0. The largest absolute Gasteiger partial charge is 0.416 e. The van der Waals surface area contributed by atoms with Crippen LogP contribution in [0.25, 0.3) is 21.9 Å². The first kappa shape index (κ1) is 21.2. The van der Waals surface area contributed by atoms with Crippen LogP contribution >= 0.6 is 0 Å². The van der Waals surface area contributed by atoms with Crippen LogP contribution < -0.4 is 0 Å². The summed E-state index contributed by atoms with van der Waals surface area (Å²) in [5, 5.41) is 19.7. The lowest BCUT2D eigenvalue weighted by Gasteiger charge is -2.17. The molecule has 2 nitrogen and oxygen atoms in total. The summed E-state index contributed by atoms with van der Waals surface area (Å²) in [6, 6.07) is 11.1. The van der Waals surface area contributed by atoms with Crippen molar-refractivity contribution in [3.05, 3.63) is 70.3 Å². The monoisotopic (exact) mass is 418 g/mol. The van der Waals surface area contributed by atoms with Gasteiger partial charge in [-0.05, 0) is 52.6 Å². The number of aryl methyl sites for hydroxylation is 1. The summed E-state index contributed by atoms with van der Waals surface area (Å²) in [5.74, 6) is 0. The molecule has 0 atom stereocenters. The first-order valence-electron chi connectivity index (χ1n) is 8.69. The fraction of sp³-hybridized carbons (Fsp3) is 0.182. The number of nitrogens with zero attached hydrogens (tertiary/aromatic N) is 2. The predicted octanol–water partition coefficient (Wildman–Crippen LogP) is 6.85. The van der Waals surface area contributed by atoms with Crippen LogP contribution in [0.4, 0.5) is 26.3 Å². The van der Waals surface area contributed by atoms with E-state index in [4.69, 9.17) is 0 Å². The highest BCUT2D eigenvalue weighted by Crippen LogP contribution is 2.42. The molecule has 0 saturated heterocycles. The summed E-state index contributed by atoms with van der Waals surface area (Å²) in [5.41, 5.74) is -3.15. The average Bonchev–Trinajstić information content (AvgIpc) is 2.70. The van der Waals surface area contributed by atoms with Gasteiger partial charge in [-0.15, -0.1) is 0 Å². The normalized spacial score (nSPS) is 11.9. The van der Waals surface area contributed by atoms with Gasteiger partial charge in [0.2, 0.25) is 0 Å². The molecular weight excluding hydrogens is 406 g/mol. The number of hydrogen-bond donors (Lipinski definition) is 0. The second kappa shape index (κ2) is 7.38. The van der Waals surface area contributed by atoms with Crippen molar-refractivity contribution in [3.63, 3.8) is 0 Å². The number of hydrogen-bond acceptors (Lipinski definition) is 2. The van der Waals surface area contributed by atoms with E-state index in [2.05, 4.69) is 0 Å². The zero-order valence-corrected chi connectivity index (χ0v) is 15.4. The number of nitriles is 2. The Morgan fingerprint density at radius 2 is 1.40 bits per heavy atom. The van der Waals surface area contributed by atoms with Gasteiger partial charge in [-0.25, -0.2) is 0 Å². The van der Waals surface area contributed by atoms with Crippen LogP contribution in [0.1, 0.15) is 34.7 Å². The topological polar surface area (TPSA) is 47.6 Å². The molecule has 0 heterocycles. The van der Waals surface area contributed by atoms with Gasteiger partial charge in [0, 0.05) is 5.56 Å². The maximum absolute atomic E-state index is 13.3. The van der Waals surface area contributed by atoms with E-state index in [9.17, 15) is 36.9 Å². The summed E-state index contributed by atoms with van der Waals surface area (Å²) in [6.07, 6.45) is -9.49. The number of alkyl halides is 6. The van der Waals surface area contributed by atoms with E-state index in [0.29, 0.717) is 29.3 Å². The van der Waals surface area contributed by atoms with Crippen molar-refractivity contribution < 1.29 is 26.3 Å². The Labute approximate surface area is 167 Å². The lowest BCUT2D eigenvalue weighted by atomic mass is 9.88. The van der Waals surface area contributed by atoms with Crippen LogP contribution in [-0.4, -0.2) is 0 Å². The average molecular weight is 418 g/mol. The highest BCUT2D eigenvalue weighted by molar-refractivity contribution is 6.01. The van der Waals surface area contributed by atoms with Crippen molar-refractivity contribution >= 4 is 10.8 Å². The molecule has 3 rings (SSSR count). The van der Waals surface area contributed by atoms with Gasteiger partial charge in [-0.2, -0.15) is 36.9 Å². The molecule has 0 amide bonds. The number of rotatable bonds is 2. The number of halogens is 6. The van der Waals surface area contributed by atoms with Gasteiger partial charge >= 0.3 is 12.4 Å². The zero-order chi connectivity index (χ0) is 22.3. The third kappa shape index (κ3) is 3.81. The maximum atomic E-state index is 13.3. The summed E-state index contributed by atoms with van der Waals surface area (Å²) >= 11 is 0. The van der Waals surface area contributed by atoms with Gasteiger partial charge in [-0.1, -0.05) is 25.1 Å². The molecule has 0 aromatic heterocycles. The first-order valence-corrected chi connectivity index (χ1v) is 8.69. The molecule has 30 heavy (non-hydrogen) atoms. The Balaban J connectivity index is 2.52. The maximum Gasteiger partial charge on any atom is 0.416 e. The first-order chi connectivity index (χ1) is 14.0. The van der Waals surface area contributed by atoms with E-state index < -0.39 is 29.0 Å². The van der Waals surface area contributed by atoms with Gasteiger partial charge in [0.05, 0.1) is 22.3 Å². The predicted molar refractivity (Wildman–Crippen MR) is 98.2 cm³/mol. The van der Waals surface area contributed by atoms with Gasteiger partial charge < -0.3 is 0 Å². The summed E-state index contributed by atoms with van der Waals surface area (Å²) in [4.78, 5) is 0. The molecule has 152 valence electrons. The molecule has 0 bridgehead atoms. The lowest BCUT2D eigenvalue weighted by Crippen LogP contribution is -2.11. The minimum atomic E-state index is -5.03. The molecule has 0 radical (unpaired) electrons. The van der Waals surface area contributed by atoms with E-state index in [-0.39, 0.29) is 22.8 Å². The molecule has 0 unspecified atom stereocenters. The molecule has 0 spiro atoms. The van der Waals surface area contributed by atoms with Crippen molar-refractivity contribution in [2.45, 2.75) is 25.7 Å². The smallest absolute Gasteiger partial charge is 0.192 e. The van der Waals surface area contributed by atoms with Gasteiger partial charge in [0.1, 0.15) is 12.1 Å². The molecule has 3 aromatic carbocycles. The minimum absolute atomic E-state index is 0.0311. The second-order valence-corrected chi connectivity index (χ2v) is 6.60. The Kier molecular flexibility index (Phi) is 5.22. The molecule has 0 saturated carbocycles. The molecular formula is C22H12F6N2. The molecule has 0 aliphatic carbocycles. The van der Waals surface area contributed by atoms with Crippen molar-refractivity contribution in [2.24, 2.45) is 0 Å². The van der Waals surface area contributed by atoms with Gasteiger partial charge in [-0.3, -0.25) is 0 Å². The Bertz CT molecular complexity index is 1190. The molecule has 0 aliphatic heterocycles. The Hall–Kier alpha value is -3.52. The highest BCUT2D eigenvalue weighted by Gasteiger charge is 2.37. The van der Waals surface area contributed by atoms with Crippen LogP contribution in [0.5, 0.6) is 0 Å². The van der Waals surface area contributed by atoms with E-state index >= 15 is 0 Å². The van der Waals surface area contributed by atoms with Crippen LogP contribution in [0.3, 0.4) is 0 Å². The lowest BCUT2D eigenvalue weighted by molar-refractivity contribution is -0.143. The standard InChI is InChI=1S/C22H12F6N2/c1-2-12-3-4-13-6-15(10-29)19(11-30)20(18(13)5-12)14-7-16(21(23,24)25)9-17(8-14)22(26,27)28/h3-9H,2H2,1H3. The van der Waals surface area contributed by atoms with Crippen LogP contribution in [0, 0.1) is 22.7 Å². The quantitative estimate of drug-likeness (QED) is 0.427. The van der Waals surface area contributed by atoms with E-state index in [1.54, 1.807) is 30.3 Å². The van der Waals surface area contributed by atoms with Crippen molar-refractivity contribution in [3.8, 4) is 23.3 Å². The molecule has 8 heteroatoms. The fourth-order valence-corrected chi connectivity index (χ4v) is 3.27. The van der Waals surface area contributed by atoms with Crippen LogP contribution in [0.15, 0.2) is 42.5 Å². The van der Waals surface area contributed by atoms with Crippen molar-refractivity contribution in [1.82, 2.24) is 0 Å². The van der Waals surface area contributed by atoms with Gasteiger partial charge in [0.25, 0.3) is 0 Å². The minimum Gasteiger partial charge on any atom is -0.192 e. The molecule has 3 aromatic rings. The SMILES string of the molecule is CCc1ccc2cc(C#N)c(C#N)c(-c3cc(C(F)(F)F)cc(C(F)(F)F)c3)c2c1. The third-order valence-corrected chi connectivity index (χ3v) is 4.72. The van der Waals surface area contributed by atoms with Crippen molar-refractivity contribution in [1.29, 1.82) is 10.5 Å². The summed E-state index contributed by atoms with van der Waals surface area (Å²) < 4.78 is 80.0. The van der Waals surface area contributed by atoms with Crippen LogP contribution in [0.2, 0.25) is 0 Å². The van der Waals surface area contributed by atoms with Gasteiger partial charge in [0.15, 0.2) is 0 Å². The van der Waals surface area contributed by atoms with E-state index in [1.807, 2.05) is 6.92 Å². The molecule has 0 aliphatic rings. The Morgan fingerprint density at radius 1 is 0.800 bits per heavy atom. The van der Waals surface area contributed by atoms with Crippen LogP contribution in [-0.2, 0) is 18.8 Å². The van der Waals surface area contributed by atoms with E-state index in [0.717, 1.165) is 5.56 Å². The van der Waals surface area contributed by atoms with E-state index in [1.165, 1.54) is 6.07 Å². The number of benzene rings is 3. The molecule has 0 fully saturated rings. The second-order valence-electron chi connectivity index (χ2n) is 6.60.